The van der Waals surface area contributed by atoms with Crippen LogP contribution in [0.4, 0.5) is 4.79 Å². The van der Waals surface area contributed by atoms with Crippen molar-refractivity contribution in [3.05, 3.63) is 58.8 Å². The van der Waals surface area contributed by atoms with E-state index in [0.29, 0.717) is 21.9 Å². The molecule has 29 heavy (non-hydrogen) atoms. The number of carbonyl (C=O) groups excluding carboxylic acids is 3. The maximum absolute atomic E-state index is 13.3. The molecule has 0 radical (unpaired) electrons. The summed E-state index contributed by atoms with van der Waals surface area (Å²) >= 11 is 6.36. The number of amides is 4. The van der Waals surface area contributed by atoms with Crippen LogP contribution in [-0.4, -0.2) is 65.3 Å². The molecule has 3 heterocycles. The van der Waals surface area contributed by atoms with Crippen LogP contribution in [0.25, 0.3) is 0 Å². The average Bonchev–Trinajstić information content (AvgIpc) is 3.34. The highest BCUT2D eigenvalue weighted by Gasteiger charge is 2.44. The number of hydrogen-bond acceptors (Lipinski definition) is 3. The van der Waals surface area contributed by atoms with Crippen molar-refractivity contribution in [2.45, 2.75) is 18.9 Å². The van der Waals surface area contributed by atoms with Gasteiger partial charge in [0.15, 0.2) is 0 Å². The Bertz CT molecular complexity index is 907. The third-order valence-corrected chi connectivity index (χ3v) is 5.95. The minimum absolute atomic E-state index is 0.0111. The monoisotopic (exact) mass is 414 g/mol. The molecule has 1 aromatic rings. The predicted molar refractivity (Wildman–Crippen MR) is 109 cm³/mol. The first kappa shape index (κ1) is 19.5. The smallest absolute Gasteiger partial charge is 0.322 e. The van der Waals surface area contributed by atoms with Gasteiger partial charge in [0.05, 0.1) is 23.9 Å². The van der Waals surface area contributed by atoms with Crippen molar-refractivity contribution in [2.75, 3.05) is 32.7 Å². The number of hydrogen-bond donors (Lipinski definition) is 1. The van der Waals surface area contributed by atoms with E-state index in [0.717, 1.165) is 25.9 Å². The number of likely N-dealkylation sites (tertiary alicyclic amines) is 1. The highest BCUT2D eigenvalue weighted by atomic mass is 35.5. The van der Waals surface area contributed by atoms with Crippen LogP contribution in [0.1, 0.15) is 24.4 Å². The second kappa shape index (κ2) is 7.91. The van der Waals surface area contributed by atoms with Crippen molar-refractivity contribution in [2.24, 2.45) is 0 Å². The van der Waals surface area contributed by atoms with Gasteiger partial charge < -0.3 is 15.1 Å². The summed E-state index contributed by atoms with van der Waals surface area (Å²) in [5, 5.41) is 3.37. The zero-order valence-electron chi connectivity index (χ0n) is 16.1. The van der Waals surface area contributed by atoms with Crippen molar-refractivity contribution >= 4 is 29.4 Å². The van der Waals surface area contributed by atoms with E-state index in [2.05, 4.69) is 11.9 Å². The van der Waals surface area contributed by atoms with Gasteiger partial charge in [-0.25, -0.2) is 4.79 Å². The first-order valence-corrected chi connectivity index (χ1v) is 10.1. The topological polar surface area (TPSA) is 73.0 Å². The first-order chi connectivity index (χ1) is 14.0. The lowest BCUT2D eigenvalue weighted by molar-refractivity contribution is -0.137. The van der Waals surface area contributed by atoms with Crippen LogP contribution in [0, 0.1) is 0 Å². The second-order valence-corrected chi connectivity index (χ2v) is 7.82. The highest BCUT2D eigenvalue weighted by Crippen LogP contribution is 2.38. The summed E-state index contributed by atoms with van der Waals surface area (Å²) in [4.78, 5) is 43.5. The molecule has 1 N–H and O–H groups in total. The van der Waals surface area contributed by atoms with Gasteiger partial charge in [-0.15, -0.1) is 6.58 Å². The van der Waals surface area contributed by atoms with Gasteiger partial charge in [-0.3, -0.25) is 14.5 Å². The molecule has 1 unspecified atom stereocenters. The van der Waals surface area contributed by atoms with Gasteiger partial charge in [0.1, 0.15) is 6.54 Å². The molecular formula is C21H23ClN4O3. The van der Waals surface area contributed by atoms with E-state index in [9.17, 15) is 14.4 Å². The molecule has 0 aromatic heterocycles. The maximum Gasteiger partial charge on any atom is 0.322 e. The second-order valence-electron chi connectivity index (χ2n) is 7.41. The van der Waals surface area contributed by atoms with Crippen LogP contribution in [0.5, 0.6) is 0 Å². The van der Waals surface area contributed by atoms with E-state index < -0.39 is 6.04 Å². The van der Waals surface area contributed by atoms with Gasteiger partial charge in [-0.2, -0.15) is 0 Å². The lowest BCUT2D eigenvalue weighted by Crippen LogP contribution is -2.47. The van der Waals surface area contributed by atoms with Crippen LogP contribution in [0.3, 0.4) is 0 Å². The molecule has 0 spiro atoms. The fourth-order valence-corrected chi connectivity index (χ4v) is 4.42. The highest BCUT2D eigenvalue weighted by molar-refractivity contribution is 6.31. The molecule has 1 aromatic carbocycles. The minimum Gasteiger partial charge on any atom is -0.341 e. The minimum atomic E-state index is -0.647. The number of rotatable bonds is 5. The zero-order chi connectivity index (χ0) is 20.5. The van der Waals surface area contributed by atoms with Crippen LogP contribution >= 0.6 is 11.6 Å². The number of halogens is 1. The largest absolute Gasteiger partial charge is 0.341 e. The Morgan fingerprint density at radius 2 is 1.97 bits per heavy atom. The fourth-order valence-electron chi connectivity index (χ4n) is 4.17. The Labute approximate surface area is 174 Å². The molecule has 7 nitrogen and oxygen atoms in total. The van der Waals surface area contributed by atoms with Crippen molar-refractivity contribution in [1.82, 2.24) is 20.0 Å². The molecule has 8 heteroatoms. The third-order valence-electron chi connectivity index (χ3n) is 5.61. The van der Waals surface area contributed by atoms with Gasteiger partial charge in [-0.05, 0) is 24.5 Å². The summed E-state index contributed by atoms with van der Waals surface area (Å²) in [5.74, 6) is -0.300. The summed E-state index contributed by atoms with van der Waals surface area (Å²) in [6.45, 7) is 5.69. The average molecular weight is 415 g/mol. The van der Waals surface area contributed by atoms with E-state index in [-0.39, 0.29) is 37.5 Å². The Morgan fingerprint density at radius 1 is 1.24 bits per heavy atom. The molecule has 0 aliphatic carbocycles. The summed E-state index contributed by atoms with van der Waals surface area (Å²) in [5.41, 5.74) is 1.74. The fraction of sp³-hybridized carbons (Fsp3) is 0.381. The number of benzene rings is 1. The van der Waals surface area contributed by atoms with Gasteiger partial charge in [0, 0.05) is 24.7 Å². The molecule has 0 saturated carbocycles. The van der Waals surface area contributed by atoms with Gasteiger partial charge in [-0.1, -0.05) is 35.9 Å². The molecule has 4 rings (SSSR count). The third kappa shape index (κ3) is 3.51. The number of nitrogens with one attached hydrogen (secondary N) is 1. The van der Waals surface area contributed by atoms with Crippen LogP contribution in [0.2, 0.25) is 5.02 Å². The van der Waals surface area contributed by atoms with E-state index in [1.54, 1.807) is 29.2 Å². The summed E-state index contributed by atoms with van der Waals surface area (Å²) in [6, 6.07) is 6.19. The SMILES string of the molecule is C=CCN1C(=O)NC(c2ccccc2Cl)C2=C1CN(CC(=O)N1CCCC1)C2=O. The van der Waals surface area contributed by atoms with E-state index in [1.165, 1.54) is 9.80 Å². The van der Waals surface area contributed by atoms with Crippen molar-refractivity contribution in [3.8, 4) is 0 Å². The van der Waals surface area contributed by atoms with Gasteiger partial charge >= 0.3 is 6.03 Å². The molecule has 1 fully saturated rings. The Kier molecular flexibility index (Phi) is 5.32. The Morgan fingerprint density at radius 3 is 2.66 bits per heavy atom. The zero-order valence-corrected chi connectivity index (χ0v) is 16.8. The van der Waals surface area contributed by atoms with Crippen molar-refractivity contribution in [3.63, 3.8) is 0 Å². The predicted octanol–water partition coefficient (Wildman–Crippen LogP) is 2.31. The van der Waals surface area contributed by atoms with Gasteiger partial charge in [0.2, 0.25) is 5.91 Å². The van der Waals surface area contributed by atoms with E-state index in [1.807, 2.05) is 6.07 Å². The van der Waals surface area contributed by atoms with E-state index >= 15 is 0 Å². The van der Waals surface area contributed by atoms with Crippen LogP contribution < -0.4 is 5.32 Å². The molecule has 1 atom stereocenters. The molecule has 1 saturated heterocycles. The number of carbonyl (C=O) groups is 3. The molecule has 152 valence electrons. The number of urea groups is 1. The molecule has 3 aliphatic heterocycles. The quantitative estimate of drug-likeness (QED) is 0.751. The van der Waals surface area contributed by atoms with E-state index in [4.69, 9.17) is 11.6 Å². The normalized spacial score (nSPS) is 21.6. The summed E-state index contributed by atoms with van der Waals surface area (Å²) in [6.07, 6.45) is 3.60. The summed E-state index contributed by atoms with van der Waals surface area (Å²) in [7, 11) is 0. The Balaban J connectivity index is 1.66. The van der Waals surface area contributed by atoms with Crippen molar-refractivity contribution < 1.29 is 14.4 Å². The number of nitrogens with zero attached hydrogens (tertiary/aromatic N) is 3. The lowest BCUT2D eigenvalue weighted by atomic mass is 9.95. The standard InChI is InChI=1S/C21H23ClN4O3/c1-2-9-26-16-12-25(13-17(27)24-10-5-6-11-24)20(28)18(16)19(23-21(26)29)14-7-3-4-8-15(14)22/h2-4,7-8,19H,1,5-6,9-13H2,(H,23,29). The molecule has 0 bridgehead atoms. The molecule has 3 aliphatic rings. The lowest BCUT2D eigenvalue weighted by Gasteiger charge is -2.33. The molecular weight excluding hydrogens is 392 g/mol. The van der Waals surface area contributed by atoms with Crippen LogP contribution in [-0.2, 0) is 9.59 Å². The summed E-state index contributed by atoms with van der Waals surface area (Å²) < 4.78 is 0. The van der Waals surface area contributed by atoms with Gasteiger partial charge in [0.25, 0.3) is 5.91 Å². The maximum atomic E-state index is 13.3. The van der Waals surface area contributed by atoms with Crippen molar-refractivity contribution in [1.29, 1.82) is 0 Å². The van der Waals surface area contributed by atoms with Crippen LogP contribution in [0.15, 0.2) is 48.2 Å². The molecule has 4 amide bonds. The first-order valence-electron chi connectivity index (χ1n) is 9.74. The Hall–Kier alpha value is -2.80.